The number of hydrogen-bond acceptors (Lipinski definition) is 5. The maximum atomic E-state index is 11.9. The number of fused-ring (bicyclic) bond motifs is 1. The summed E-state index contributed by atoms with van der Waals surface area (Å²) in [5, 5.41) is 0.482. The quantitative estimate of drug-likeness (QED) is 0.582. The molecular weight excluding hydrogens is 262 g/mol. The topological polar surface area (TPSA) is 72.9 Å². The molecule has 0 saturated heterocycles. The van der Waals surface area contributed by atoms with Crippen LogP contribution in [-0.4, -0.2) is 36.1 Å². The monoisotopic (exact) mass is 277 g/mol. The Hall–Kier alpha value is -2.21. The van der Waals surface area contributed by atoms with E-state index in [9.17, 15) is 14.4 Å². The van der Waals surface area contributed by atoms with Gasteiger partial charge in [0, 0.05) is 6.61 Å². The molecule has 0 bridgehead atoms. The van der Waals surface area contributed by atoms with Crippen LogP contribution in [0, 0.1) is 0 Å². The molecule has 0 radical (unpaired) electrons. The molecule has 0 spiro atoms. The van der Waals surface area contributed by atoms with Crippen LogP contribution in [0.2, 0.25) is 0 Å². The second-order valence-electron chi connectivity index (χ2n) is 4.32. The first-order valence-electron chi connectivity index (χ1n) is 6.41. The molecule has 0 N–H and O–H groups in total. The van der Waals surface area contributed by atoms with Crippen LogP contribution in [0.15, 0.2) is 24.3 Å². The highest BCUT2D eigenvalue weighted by Gasteiger charge is 2.38. The fourth-order valence-electron chi connectivity index (χ4n) is 1.78. The third-order valence-corrected chi connectivity index (χ3v) is 2.81. The minimum atomic E-state index is -0.768. The van der Waals surface area contributed by atoms with Crippen LogP contribution in [0.5, 0.6) is 0 Å². The van der Waals surface area contributed by atoms with Crippen molar-refractivity contribution >= 4 is 17.8 Å². The summed E-state index contributed by atoms with van der Waals surface area (Å²) in [6, 6.07) is 6.31. The highest BCUT2D eigenvalue weighted by Crippen LogP contribution is 2.22. The first kappa shape index (κ1) is 14.2. The Balaban J connectivity index is 1.93. The molecule has 0 unspecified atom stereocenters. The number of hydrogen-bond donors (Lipinski definition) is 0. The van der Waals surface area contributed by atoms with Gasteiger partial charge in [-0.15, -0.1) is 0 Å². The highest BCUT2D eigenvalue weighted by atomic mass is 16.7. The molecule has 2 rings (SSSR count). The first-order valence-corrected chi connectivity index (χ1v) is 6.41. The molecular formula is C14H15NO5. The van der Waals surface area contributed by atoms with Crippen LogP contribution in [0.4, 0.5) is 0 Å². The van der Waals surface area contributed by atoms with E-state index in [1.165, 1.54) is 12.1 Å². The lowest BCUT2D eigenvalue weighted by Gasteiger charge is -2.12. The summed E-state index contributed by atoms with van der Waals surface area (Å²) >= 11 is 0. The van der Waals surface area contributed by atoms with E-state index in [0.717, 1.165) is 12.8 Å². The van der Waals surface area contributed by atoms with Crippen LogP contribution < -0.4 is 0 Å². The zero-order valence-electron chi connectivity index (χ0n) is 11.1. The predicted molar refractivity (Wildman–Crippen MR) is 68.8 cm³/mol. The van der Waals surface area contributed by atoms with E-state index in [1.807, 2.05) is 6.92 Å². The third-order valence-electron chi connectivity index (χ3n) is 2.81. The summed E-state index contributed by atoms with van der Waals surface area (Å²) < 4.78 is 5.07. The standard InChI is InChI=1S/C14H15NO5/c1-2-3-8-19-9-12(16)20-15-13(17)10-6-4-5-7-11(10)14(15)18/h4-7H,2-3,8-9H2,1H3. The maximum absolute atomic E-state index is 11.9. The van der Waals surface area contributed by atoms with Gasteiger partial charge in [0.2, 0.25) is 0 Å². The van der Waals surface area contributed by atoms with E-state index < -0.39 is 17.8 Å². The molecule has 2 amide bonds. The summed E-state index contributed by atoms with van der Waals surface area (Å²) in [6.45, 7) is 2.15. The lowest BCUT2D eigenvalue weighted by Crippen LogP contribution is -2.34. The molecule has 0 aromatic heterocycles. The zero-order valence-corrected chi connectivity index (χ0v) is 11.1. The Morgan fingerprint density at radius 2 is 1.75 bits per heavy atom. The SMILES string of the molecule is CCCCOCC(=O)ON1C(=O)c2ccccc2C1=O. The van der Waals surface area contributed by atoms with Gasteiger partial charge in [-0.3, -0.25) is 9.59 Å². The number of benzene rings is 1. The fourth-order valence-corrected chi connectivity index (χ4v) is 1.78. The molecule has 106 valence electrons. The van der Waals surface area contributed by atoms with Gasteiger partial charge in [0.1, 0.15) is 6.61 Å². The lowest BCUT2D eigenvalue weighted by molar-refractivity contribution is -0.173. The molecule has 1 heterocycles. The van der Waals surface area contributed by atoms with Gasteiger partial charge in [0.05, 0.1) is 11.1 Å². The Morgan fingerprint density at radius 1 is 1.15 bits per heavy atom. The van der Waals surface area contributed by atoms with Crippen molar-refractivity contribution in [3.8, 4) is 0 Å². The van der Waals surface area contributed by atoms with Gasteiger partial charge in [-0.05, 0) is 18.6 Å². The van der Waals surface area contributed by atoms with Gasteiger partial charge in [-0.1, -0.05) is 30.5 Å². The molecule has 20 heavy (non-hydrogen) atoms. The number of unbranched alkanes of at least 4 members (excludes halogenated alkanes) is 1. The summed E-state index contributed by atoms with van der Waals surface area (Å²) in [5.41, 5.74) is 0.467. The number of hydroxylamine groups is 2. The summed E-state index contributed by atoms with van der Waals surface area (Å²) in [7, 11) is 0. The smallest absolute Gasteiger partial charge is 0.358 e. The molecule has 1 aliphatic rings. The Morgan fingerprint density at radius 3 is 2.30 bits per heavy atom. The zero-order chi connectivity index (χ0) is 14.5. The molecule has 1 aromatic carbocycles. The van der Waals surface area contributed by atoms with Crippen molar-refractivity contribution < 1.29 is 24.0 Å². The largest absolute Gasteiger partial charge is 0.370 e. The number of carbonyl (C=O) groups excluding carboxylic acids is 3. The van der Waals surface area contributed by atoms with Crippen LogP contribution in [-0.2, 0) is 14.4 Å². The number of ether oxygens (including phenoxy) is 1. The van der Waals surface area contributed by atoms with E-state index >= 15 is 0 Å². The molecule has 6 heteroatoms. The number of amides is 2. The van der Waals surface area contributed by atoms with E-state index in [1.54, 1.807) is 12.1 Å². The van der Waals surface area contributed by atoms with Gasteiger partial charge in [-0.25, -0.2) is 4.79 Å². The molecule has 1 aliphatic heterocycles. The first-order chi connectivity index (χ1) is 9.65. The molecule has 0 atom stereocenters. The van der Waals surface area contributed by atoms with Crippen LogP contribution in [0.3, 0.4) is 0 Å². The number of rotatable bonds is 6. The molecule has 0 fully saturated rings. The van der Waals surface area contributed by atoms with Gasteiger partial charge < -0.3 is 9.57 Å². The van der Waals surface area contributed by atoms with E-state index in [2.05, 4.69) is 0 Å². The average Bonchev–Trinajstić information content (AvgIpc) is 2.69. The second-order valence-corrected chi connectivity index (χ2v) is 4.32. The Labute approximate surface area is 116 Å². The van der Waals surface area contributed by atoms with Gasteiger partial charge in [0.25, 0.3) is 11.8 Å². The molecule has 0 aliphatic carbocycles. The van der Waals surface area contributed by atoms with Crippen molar-refractivity contribution in [2.24, 2.45) is 0 Å². The highest BCUT2D eigenvalue weighted by molar-refractivity contribution is 6.20. The van der Waals surface area contributed by atoms with Crippen molar-refractivity contribution in [2.45, 2.75) is 19.8 Å². The van der Waals surface area contributed by atoms with E-state index in [-0.39, 0.29) is 17.7 Å². The fraction of sp³-hybridized carbons (Fsp3) is 0.357. The van der Waals surface area contributed by atoms with Crippen LogP contribution >= 0.6 is 0 Å². The van der Waals surface area contributed by atoms with E-state index in [0.29, 0.717) is 11.7 Å². The van der Waals surface area contributed by atoms with Crippen molar-refractivity contribution in [2.75, 3.05) is 13.2 Å². The van der Waals surface area contributed by atoms with Crippen molar-refractivity contribution in [3.05, 3.63) is 35.4 Å². The Kier molecular flexibility index (Phi) is 4.47. The summed E-state index contributed by atoms with van der Waals surface area (Å²) in [5.74, 6) is -2.03. The number of imide groups is 1. The van der Waals surface area contributed by atoms with E-state index in [4.69, 9.17) is 9.57 Å². The van der Waals surface area contributed by atoms with Gasteiger partial charge in [0.15, 0.2) is 0 Å². The summed E-state index contributed by atoms with van der Waals surface area (Å²) in [6.07, 6.45) is 1.79. The van der Waals surface area contributed by atoms with Crippen molar-refractivity contribution in [3.63, 3.8) is 0 Å². The number of carbonyl (C=O) groups is 3. The molecule has 1 aromatic rings. The van der Waals surface area contributed by atoms with Crippen LogP contribution in [0.25, 0.3) is 0 Å². The predicted octanol–water partition coefficient (Wildman–Crippen LogP) is 1.56. The Bertz CT molecular complexity index is 505. The average molecular weight is 277 g/mol. The van der Waals surface area contributed by atoms with Gasteiger partial charge >= 0.3 is 5.97 Å². The minimum Gasteiger partial charge on any atom is -0.370 e. The second kappa shape index (κ2) is 6.29. The maximum Gasteiger partial charge on any atom is 0.358 e. The number of nitrogens with zero attached hydrogens (tertiary/aromatic N) is 1. The molecule has 0 saturated carbocycles. The summed E-state index contributed by atoms with van der Waals surface area (Å²) in [4.78, 5) is 40.1. The van der Waals surface area contributed by atoms with Crippen LogP contribution in [0.1, 0.15) is 40.5 Å². The minimum absolute atomic E-state index is 0.234. The van der Waals surface area contributed by atoms with Crippen molar-refractivity contribution in [1.82, 2.24) is 5.06 Å². The normalized spacial score (nSPS) is 13.6. The molecule has 6 nitrogen and oxygen atoms in total. The lowest BCUT2D eigenvalue weighted by atomic mass is 10.1. The third kappa shape index (κ3) is 2.85. The van der Waals surface area contributed by atoms with Crippen molar-refractivity contribution in [1.29, 1.82) is 0 Å². The van der Waals surface area contributed by atoms with Gasteiger partial charge in [-0.2, -0.15) is 0 Å².